The van der Waals surface area contributed by atoms with Gasteiger partial charge in [-0.15, -0.1) is 0 Å². The van der Waals surface area contributed by atoms with Gasteiger partial charge in [0.05, 0.1) is 0 Å². The molecule has 1 aliphatic rings. The SMILES string of the molecule is CCC(CC)(CNC)CN(C)C1CCN(C)CC1. The summed E-state index contributed by atoms with van der Waals surface area (Å²) in [6.07, 6.45) is 5.19. The predicted molar refractivity (Wildman–Crippen MR) is 80.1 cm³/mol. The lowest BCUT2D eigenvalue weighted by molar-refractivity contribution is 0.0871. The normalized spacial score (nSPS) is 19.7. The van der Waals surface area contributed by atoms with Gasteiger partial charge in [-0.1, -0.05) is 13.8 Å². The minimum atomic E-state index is 0.451. The van der Waals surface area contributed by atoms with Gasteiger partial charge >= 0.3 is 0 Å². The number of nitrogens with zero attached hydrogens (tertiary/aromatic N) is 2. The lowest BCUT2D eigenvalue weighted by Crippen LogP contribution is -2.48. The largest absolute Gasteiger partial charge is 0.319 e. The fourth-order valence-corrected chi connectivity index (χ4v) is 3.25. The van der Waals surface area contributed by atoms with E-state index >= 15 is 0 Å². The highest BCUT2D eigenvalue weighted by Gasteiger charge is 2.30. The third-order valence-corrected chi connectivity index (χ3v) is 4.95. The molecule has 1 saturated heterocycles. The second-order valence-corrected chi connectivity index (χ2v) is 6.19. The Hall–Kier alpha value is -0.120. The Labute approximate surface area is 114 Å². The maximum Gasteiger partial charge on any atom is 0.0117 e. The Morgan fingerprint density at radius 3 is 2.22 bits per heavy atom. The maximum absolute atomic E-state index is 3.39. The van der Waals surface area contributed by atoms with E-state index in [2.05, 4.69) is 50.1 Å². The topological polar surface area (TPSA) is 18.5 Å². The molecule has 0 bridgehead atoms. The molecule has 0 unspecified atom stereocenters. The van der Waals surface area contributed by atoms with Crippen molar-refractivity contribution in [1.82, 2.24) is 15.1 Å². The van der Waals surface area contributed by atoms with Gasteiger partial charge in [-0.2, -0.15) is 0 Å². The molecule has 0 amide bonds. The number of hydrogen-bond donors (Lipinski definition) is 1. The van der Waals surface area contributed by atoms with E-state index in [9.17, 15) is 0 Å². The molecule has 0 spiro atoms. The van der Waals surface area contributed by atoms with Crippen molar-refractivity contribution < 1.29 is 0 Å². The third kappa shape index (κ3) is 4.22. The quantitative estimate of drug-likeness (QED) is 0.751. The Morgan fingerprint density at radius 1 is 1.22 bits per heavy atom. The summed E-state index contributed by atoms with van der Waals surface area (Å²) < 4.78 is 0. The Morgan fingerprint density at radius 2 is 1.78 bits per heavy atom. The number of hydrogen-bond acceptors (Lipinski definition) is 3. The minimum Gasteiger partial charge on any atom is -0.319 e. The highest BCUT2D eigenvalue weighted by molar-refractivity contribution is 4.85. The number of nitrogens with one attached hydrogen (secondary N) is 1. The molecule has 1 fully saturated rings. The van der Waals surface area contributed by atoms with Crippen LogP contribution < -0.4 is 5.32 Å². The van der Waals surface area contributed by atoms with Gasteiger partial charge in [-0.05, 0) is 65.3 Å². The summed E-state index contributed by atoms with van der Waals surface area (Å²) in [4.78, 5) is 5.07. The van der Waals surface area contributed by atoms with Gasteiger partial charge in [0.1, 0.15) is 0 Å². The molecule has 1 rings (SSSR count). The first-order valence-corrected chi connectivity index (χ1v) is 7.60. The van der Waals surface area contributed by atoms with Crippen LogP contribution in [0.4, 0.5) is 0 Å². The van der Waals surface area contributed by atoms with Crippen LogP contribution in [0.5, 0.6) is 0 Å². The van der Waals surface area contributed by atoms with Crippen molar-refractivity contribution in [3.8, 4) is 0 Å². The van der Waals surface area contributed by atoms with Gasteiger partial charge in [0.15, 0.2) is 0 Å². The molecule has 0 aromatic heterocycles. The number of likely N-dealkylation sites (tertiary alicyclic amines) is 1. The van der Waals surface area contributed by atoms with Crippen LogP contribution in [0.2, 0.25) is 0 Å². The smallest absolute Gasteiger partial charge is 0.0117 e. The Kier molecular flexibility index (Phi) is 6.61. The standard InChI is InChI=1S/C15H33N3/c1-6-15(7-2,12-16-3)13-18(5)14-8-10-17(4)11-9-14/h14,16H,6-13H2,1-5H3. The highest BCUT2D eigenvalue weighted by Crippen LogP contribution is 2.28. The molecule has 0 aromatic carbocycles. The summed E-state index contributed by atoms with van der Waals surface area (Å²) in [5.74, 6) is 0. The fraction of sp³-hybridized carbons (Fsp3) is 1.00. The molecule has 3 heteroatoms. The van der Waals surface area contributed by atoms with Gasteiger partial charge in [0, 0.05) is 19.1 Å². The molecule has 0 saturated carbocycles. The van der Waals surface area contributed by atoms with Crippen LogP contribution in [0.1, 0.15) is 39.5 Å². The third-order valence-electron chi connectivity index (χ3n) is 4.95. The maximum atomic E-state index is 3.39. The first kappa shape index (κ1) is 15.9. The van der Waals surface area contributed by atoms with Crippen molar-refractivity contribution in [2.75, 3.05) is 47.3 Å². The number of rotatable bonds is 7. The van der Waals surface area contributed by atoms with E-state index in [1.165, 1.54) is 45.3 Å². The molecule has 0 aliphatic carbocycles. The van der Waals surface area contributed by atoms with E-state index in [-0.39, 0.29) is 0 Å². The van der Waals surface area contributed by atoms with Crippen LogP contribution in [-0.4, -0.2) is 63.2 Å². The molecule has 3 nitrogen and oxygen atoms in total. The molecule has 1 aliphatic heterocycles. The molecule has 108 valence electrons. The zero-order valence-electron chi connectivity index (χ0n) is 13.1. The van der Waals surface area contributed by atoms with Crippen LogP contribution in [-0.2, 0) is 0 Å². The Bertz CT molecular complexity index is 218. The van der Waals surface area contributed by atoms with E-state index in [0.717, 1.165) is 12.6 Å². The van der Waals surface area contributed by atoms with E-state index in [1.54, 1.807) is 0 Å². The van der Waals surface area contributed by atoms with Crippen molar-refractivity contribution in [3.05, 3.63) is 0 Å². The van der Waals surface area contributed by atoms with E-state index in [0.29, 0.717) is 5.41 Å². The van der Waals surface area contributed by atoms with Crippen LogP contribution in [0.25, 0.3) is 0 Å². The molecule has 1 heterocycles. The molecule has 0 radical (unpaired) electrons. The van der Waals surface area contributed by atoms with Crippen molar-refractivity contribution in [2.24, 2.45) is 5.41 Å². The molecular formula is C15H33N3. The van der Waals surface area contributed by atoms with Gasteiger partial charge < -0.3 is 15.1 Å². The molecule has 1 N–H and O–H groups in total. The summed E-state index contributed by atoms with van der Waals surface area (Å²) in [7, 11) is 6.64. The van der Waals surface area contributed by atoms with E-state index in [1.807, 2.05) is 0 Å². The summed E-state index contributed by atoms with van der Waals surface area (Å²) >= 11 is 0. The van der Waals surface area contributed by atoms with Crippen LogP contribution >= 0.6 is 0 Å². The highest BCUT2D eigenvalue weighted by atomic mass is 15.2. The zero-order chi connectivity index (χ0) is 13.6. The van der Waals surface area contributed by atoms with Crippen molar-refractivity contribution in [3.63, 3.8) is 0 Å². The van der Waals surface area contributed by atoms with Gasteiger partial charge in [-0.3, -0.25) is 0 Å². The minimum absolute atomic E-state index is 0.451. The molecule has 0 atom stereocenters. The summed E-state index contributed by atoms with van der Waals surface area (Å²) in [5.41, 5.74) is 0.451. The van der Waals surface area contributed by atoms with Crippen LogP contribution in [0.3, 0.4) is 0 Å². The van der Waals surface area contributed by atoms with Gasteiger partial charge in [0.2, 0.25) is 0 Å². The van der Waals surface area contributed by atoms with Crippen LogP contribution in [0, 0.1) is 5.41 Å². The molecule has 0 aromatic rings. The van der Waals surface area contributed by atoms with Crippen molar-refractivity contribution in [1.29, 1.82) is 0 Å². The average Bonchev–Trinajstić information content (AvgIpc) is 2.38. The predicted octanol–water partition coefficient (Wildman–Crippen LogP) is 2.04. The molecular weight excluding hydrogens is 222 g/mol. The van der Waals surface area contributed by atoms with Crippen molar-refractivity contribution in [2.45, 2.75) is 45.6 Å². The van der Waals surface area contributed by atoms with E-state index < -0.39 is 0 Å². The lowest BCUT2D eigenvalue weighted by Gasteiger charge is -2.41. The number of piperidine rings is 1. The van der Waals surface area contributed by atoms with Gasteiger partial charge in [0.25, 0.3) is 0 Å². The monoisotopic (exact) mass is 255 g/mol. The second kappa shape index (κ2) is 7.46. The molecule has 18 heavy (non-hydrogen) atoms. The zero-order valence-corrected chi connectivity index (χ0v) is 13.1. The van der Waals surface area contributed by atoms with Crippen LogP contribution in [0.15, 0.2) is 0 Å². The van der Waals surface area contributed by atoms with Gasteiger partial charge in [-0.25, -0.2) is 0 Å². The van der Waals surface area contributed by atoms with E-state index in [4.69, 9.17) is 0 Å². The first-order chi connectivity index (χ1) is 8.56. The van der Waals surface area contributed by atoms with Crippen molar-refractivity contribution >= 4 is 0 Å². The lowest BCUT2D eigenvalue weighted by atomic mass is 9.81. The fourth-order valence-electron chi connectivity index (χ4n) is 3.25. The summed E-state index contributed by atoms with van der Waals surface area (Å²) in [6.45, 7) is 9.55. The second-order valence-electron chi connectivity index (χ2n) is 6.19. The first-order valence-electron chi connectivity index (χ1n) is 7.60. The summed E-state index contributed by atoms with van der Waals surface area (Å²) in [5, 5.41) is 3.39. The summed E-state index contributed by atoms with van der Waals surface area (Å²) in [6, 6.07) is 0.788. The average molecular weight is 255 g/mol. The Balaban J connectivity index is 2.52.